The number of piperidine rings is 2. The number of fused-ring (bicyclic) bond motifs is 1. The van der Waals surface area contributed by atoms with E-state index >= 15 is 0 Å². The van der Waals surface area contributed by atoms with Crippen molar-refractivity contribution >= 4 is 0 Å². The third-order valence-electron chi connectivity index (χ3n) is 3.32. The maximum absolute atomic E-state index is 10.8. The highest BCUT2D eigenvalue weighted by Crippen LogP contribution is 2.27. The van der Waals surface area contributed by atoms with Gasteiger partial charge in [-0.15, -0.1) is 0 Å². The van der Waals surface area contributed by atoms with Crippen molar-refractivity contribution in [3.05, 3.63) is 10.1 Å². The lowest BCUT2D eigenvalue weighted by atomic mass is 9.89. The summed E-state index contributed by atoms with van der Waals surface area (Å²) in [6, 6.07) is -0.0356. The molecule has 2 heterocycles. The molecule has 0 aromatic rings. The van der Waals surface area contributed by atoms with E-state index in [-0.39, 0.29) is 17.0 Å². The molecule has 4 nitrogen and oxygen atoms in total. The minimum atomic E-state index is -0.283. The summed E-state index contributed by atoms with van der Waals surface area (Å²) < 4.78 is 0. The Hall–Kier alpha value is -0.640. The molecule has 0 bridgehead atoms. The lowest BCUT2D eigenvalue weighted by molar-refractivity contribution is -0.535. The van der Waals surface area contributed by atoms with E-state index in [1.807, 2.05) is 0 Å². The van der Waals surface area contributed by atoms with E-state index in [4.69, 9.17) is 0 Å². The first-order valence-electron chi connectivity index (χ1n) is 5.16. The van der Waals surface area contributed by atoms with Gasteiger partial charge in [0.1, 0.15) is 0 Å². The average molecular weight is 184 g/mol. The lowest BCUT2D eigenvalue weighted by Crippen LogP contribution is -2.53. The smallest absolute Gasteiger partial charge is 0.228 e. The SMILES string of the molecule is O=[N+]([O-])[C@@H]1CCCN2CCCC[C@@H]12. The van der Waals surface area contributed by atoms with Crippen LogP contribution < -0.4 is 0 Å². The van der Waals surface area contributed by atoms with Crippen LogP contribution in [0, 0.1) is 10.1 Å². The van der Waals surface area contributed by atoms with Crippen molar-refractivity contribution in [1.82, 2.24) is 4.90 Å². The highest BCUT2D eigenvalue weighted by molar-refractivity contribution is 4.87. The van der Waals surface area contributed by atoms with E-state index in [2.05, 4.69) is 4.90 Å². The first-order chi connectivity index (χ1) is 6.29. The van der Waals surface area contributed by atoms with Gasteiger partial charge in [-0.25, -0.2) is 0 Å². The standard InChI is InChI=1S/C9H16N2O2/c12-11(13)9-5-3-7-10-6-2-1-4-8(9)10/h8-9H,1-7H2/t8-,9+/m0/s1. The molecule has 0 radical (unpaired) electrons. The molecule has 0 unspecified atom stereocenters. The van der Waals surface area contributed by atoms with Crippen LogP contribution in [0.3, 0.4) is 0 Å². The largest absolute Gasteiger partial charge is 0.294 e. The Morgan fingerprint density at radius 3 is 2.69 bits per heavy atom. The van der Waals surface area contributed by atoms with Gasteiger partial charge < -0.3 is 0 Å². The number of nitrogens with zero attached hydrogens (tertiary/aromatic N) is 2. The van der Waals surface area contributed by atoms with Crippen LogP contribution >= 0.6 is 0 Å². The Kier molecular flexibility index (Phi) is 2.49. The normalized spacial score (nSPS) is 35.4. The molecule has 13 heavy (non-hydrogen) atoms. The summed E-state index contributed by atoms with van der Waals surface area (Å²) in [5, 5.41) is 10.8. The fraction of sp³-hybridized carbons (Fsp3) is 1.00. The Bertz CT molecular complexity index is 206. The molecule has 0 N–H and O–H groups in total. The van der Waals surface area contributed by atoms with Crippen LogP contribution in [-0.4, -0.2) is 35.0 Å². The first-order valence-corrected chi connectivity index (χ1v) is 5.16. The van der Waals surface area contributed by atoms with Gasteiger partial charge in [0, 0.05) is 11.3 Å². The summed E-state index contributed by atoms with van der Waals surface area (Å²) in [4.78, 5) is 13.0. The fourth-order valence-corrected chi connectivity index (χ4v) is 2.67. The zero-order chi connectivity index (χ0) is 9.26. The van der Waals surface area contributed by atoms with Crippen LogP contribution in [0.4, 0.5) is 0 Å². The number of nitro groups is 1. The van der Waals surface area contributed by atoms with Gasteiger partial charge >= 0.3 is 0 Å². The highest BCUT2D eigenvalue weighted by Gasteiger charge is 2.39. The third-order valence-corrected chi connectivity index (χ3v) is 3.32. The zero-order valence-corrected chi connectivity index (χ0v) is 7.82. The van der Waals surface area contributed by atoms with Crippen molar-refractivity contribution in [3.8, 4) is 0 Å². The molecule has 2 saturated heterocycles. The van der Waals surface area contributed by atoms with Crippen LogP contribution in [0.5, 0.6) is 0 Å². The zero-order valence-electron chi connectivity index (χ0n) is 7.82. The maximum atomic E-state index is 10.8. The lowest BCUT2D eigenvalue weighted by Gasteiger charge is -2.40. The minimum Gasteiger partial charge on any atom is -0.294 e. The Morgan fingerprint density at radius 1 is 1.15 bits per heavy atom. The monoisotopic (exact) mass is 184 g/mol. The van der Waals surface area contributed by atoms with Crippen molar-refractivity contribution in [1.29, 1.82) is 0 Å². The predicted molar refractivity (Wildman–Crippen MR) is 49.2 cm³/mol. The molecule has 2 rings (SSSR count). The number of rotatable bonds is 1. The molecule has 0 amide bonds. The van der Waals surface area contributed by atoms with Gasteiger partial charge in [0.15, 0.2) is 0 Å². The molecule has 4 heteroatoms. The van der Waals surface area contributed by atoms with Crippen molar-refractivity contribution in [3.63, 3.8) is 0 Å². The molecule has 0 aliphatic carbocycles. The van der Waals surface area contributed by atoms with Gasteiger partial charge in [0.25, 0.3) is 0 Å². The second-order valence-electron chi connectivity index (χ2n) is 4.09. The molecule has 2 fully saturated rings. The van der Waals surface area contributed by atoms with Gasteiger partial charge in [-0.05, 0) is 32.4 Å². The molecule has 2 atom stereocenters. The first kappa shape index (κ1) is 8.94. The Balaban J connectivity index is 2.06. The summed E-state index contributed by atoms with van der Waals surface area (Å²) in [7, 11) is 0. The van der Waals surface area contributed by atoms with Crippen molar-refractivity contribution in [2.45, 2.75) is 44.2 Å². The molecule has 0 saturated carbocycles. The highest BCUT2D eigenvalue weighted by atomic mass is 16.6. The topological polar surface area (TPSA) is 46.4 Å². The van der Waals surface area contributed by atoms with Crippen molar-refractivity contribution in [2.24, 2.45) is 0 Å². The fourth-order valence-electron chi connectivity index (χ4n) is 2.67. The Labute approximate surface area is 78.1 Å². The van der Waals surface area contributed by atoms with Crippen LogP contribution in [0.25, 0.3) is 0 Å². The predicted octanol–water partition coefficient (Wildman–Crippen LogP) is 1.28. The van der Waals surface area contributed by atoms with Gasteiger partial charge in [0.05, 0.1) is 6.04 Å². The van der Waals surface area contributed by atoms with E-state index in [1.165, 1.54) is 12.8 Å². The van der Waals surface area contributed by atoms with Gasteiger partial charge in [-0.3, -0.25) is 15.0 Å². The molecule has 0 spiro atoms. The van der Waals surface area contributed by atoms with Crippen molar-refractivity contribution < 1.29 is 4.92 Å². The van der Waals surface area contributed by atoms with Gasteiger partial charge in [-0.2, -0.15) is 0 Å². The summed E-state index contributed by atoms with van der Waals surface area (Å²) >= 11 is 0. The van der Waals surface area contributed by atoms with E-state index in [9.17, 15) is 10.1 Å². The van der Waals surface area contributed by atoms with E-state index in [0.717, 1.165) is 32.4 Å². The second kappa shape index (κ2) is 3.62. The molecule has 74 valence electrons. The average Bonchev–Trinajstić information content (AvgIpc) is 2.17. The van der Waals surface area contributed by atoms with E-state index < -0.39 is 0 Å². The van der Waals surface area contributed by atoms with E-state index in [1.54, 1.807) is 0 Å². The molecule has 0 aromatic heterocycles. The molecule has 0 aromatic carbocycles. The Morgan fingerprint density at radius 2 is 1.92 bits per heavy atom. The molecular weight excluding hydrogens is 168 g/mol. The minimum absolute atomic E-state index is 0.0673. The number of hydrogen-bond donors (Lipinski definition) is 0. The van der Waals surface area contributed by atoms with Crippen molar-refractivity contribution in [2.75, 3.05) is 13.1 Å². The molecular formula is C9H16N2O2. The van der Waals surface area contributed by atoms with Crippen LogP contribution in [0.2, 0.25) is 0 Å². The molecule has 2 aliphatic rings. The number of hydrogen-bond acceptors (Lipinski definition) is 3. The maximum Gasteiger partial charge on any atom is 0.228 e. The van der Waals surface area contributed by atoms with Crippen LogP contribution in [0.15, 0.2) is 0 Å². The summed E-state index contributed by atoms with van der Waals surface area (Å²) in [5.74, 6) is 0. The summed E-state index contributed by atoms with van der Waals surface area (Å²) in [6.07, 6.45) is 5.22. The summed E-state index contributed by atoms with van der Waals surface area (Å²) in [6.45, 7) is 2.16. The summed E-state index contributed by atoms with van der Waals surface area (Å²) in [5.41, 5.74) is 0. The van der Waals surface area contributed by atoms with Gasteiger partial charge in [-0.1, -0.05) is 6.42 Å². The second-order valence-corrected chi connectivity index (χ2v) is 4.09. The third kappa shape index (κ3) is 1.68. The van der Waals surface area contributed by atoms with Crippen LogP contribution in [0.1, 0.15) is 32.1 Å². The van der Waals surface area contributed by atoms with Crippen LogP contribution in [-0.2, 0) is 0 Å². The van der Waals surface area contributed by atoms with E-state index in [0.29, 0.717) is 0 Å². The quantitative estimate of drug-likeness (QED) is 0.455. The molecule has 2 aliphatic heterocycles. The van der Waals surface area contributed by atoms with Gasteiger partial charge in [0.2, 0.25) is 6.04 Å².